The number of primary sulfonamides is 1. The first kappa shape index (κ1) is 39.0. The molecule has 1 amide bonds. The van der Waals surface area contributed by atoms with Gasteiger partial charge >= 0.3 is 11.9 Å². The highest BCUT2D eigenvalue weighted by Gasteiger charge is 2.53. The molecule has 1 fully saturated rings. The molecule has 3 aromatic carbocycles. The Hall–Kier alpha value is -4.26. The zero-order valence-electron chi connectivity index (χ0n) is 28.4. The maximum Gasteiger partial charge on any atom is 0.370 e. The third-order valence-electron chi connectivity index (χ3n) is 8.80. The van der Waals surface area contributed by atoms with E-state index in [0.29, 0.717) is 24.8 Å². The molecule has 0 saturated carbocycles. The van der Waals surface area contributed by atoms with E-state index >= 15 is 0 Å². The van der Waals surface area contributed by atoms with Gasteiger partial charge in [-0.15, -0.1) is 0 Å². The van der Waals surface area contributed by atoms with E-state index in [1.165, 1.54) is 23.1 Å². The van der Waals surface area contributed by atoms with Crippen LogP contribution in [0.4, 0.5) is 5.69 Å². The number of likely N-dealkylation sites (tertiary alicyclic amines) is 1. The highest BCUT2D eigenvalue weighted by Crippen LogP contribution is 2.36. The molecule has 280 valence electrons. The molecule has 15 nitrogen and oxygen atoms in total. The first-order valence-corrected chi connectivity index (χ1v) is 19.9. The number of aryl methyl sites for hydroxylation is 1. The van der Waals surface area contributed by atoms with Gasteiger partial charge in [-0.25, -0.2) is 26.8 Å². The van der Waals surface area contributed by atoms with E-state index in [0.717, 1.165) is 11.6 Å². The molecular weight excluding hydrogens is 738 g/mol. The van der Waals surface area contributed by atoms with Crippen molar-refractivity contribution in [2.45, 2.75) is 79.7 Å². The van der Waals surface area contributed by atoms with Gasteiger partial charge in [0.05, 0.1) is 29.5 Å². The molecule has 18 heteroatoms. The minimum Gasteiger partial charge on any atom is -0.477 e. The fourth-order valence-corrected chi connectivity index (χ4v) is 8.80. The number of esters is 1. The summed E-state index contributed by atoms with van der Waals surface area (Å²) < 4.78 is 63.5. The normalized spacial score (nSPS) is 20.6. The highest BCUT2D eigenvalue weighted by atomic mass is 35.5. The molecule has 2 heterocycles. The largest absolute Gasteiger partial charge is 0.477 e. The number of fused-ring (bicyclic) bond motifs is 1. The summed E-state index contributed by atoms with van der Waals surface area (Å²) in [5.74, 6) is -2.27. The van der Waals surface area contributed by atoms with Gasteiger partial charge in [-0.05, 0) is 68.5 Å². The van der Waals surface area contributed by atoms with E-state index in [1.807, 2.05) is 30.3 Å². The number of halogens is 1. The number of carbonyl (C=O) groups excluding carboxylic acids is 2. The second-order valence-electron chi connectivity index (χ2n) is 12.5. The Labute approximate surface area is 306 Å². The Balaban J connectivity index is 1.27. The van der Waals surface area contributed by atoms with Crippen molar-refractivity contribution in [3.05, 3.63) is 82.9 Å². The van der Waals surface area contributed by atoms with Crippen LogP contribution in [0.2, 0.25) is 5.02 Å². The average molecular weight is 778 g/mol. The number of hydrogen-bond acceptors (Lipinski definition) is 11. The van der Waals surface area contributed by atoms with Gasteiger partial charge in [0, 0.05) is 19.4 Å². The van der Waals surface area contributed by atoms with Crippen molar-refractivity contribution < 1.29 is 45.8 Å². The van der Waals surface area contributed by atoms with E-state index in [2.05, 4.69) is 15.4 Å². The number of carbonyl (C=O) groups is 3. The number of nitrogens with two attached hydrogens (primary N) is 1. The third-order valence-corrected chi connectivity index (χ3v) is 11.7. The first-order chi connectivity index (χ1) is 24.5. The van der Waals surface area contributed by atoms with E-state index in [4.69, 9.17) is 26.2 Å². The maximum absolute atomic E-state index is 13.8. The minimum atomic E-state index is -4.28. The molecule has 4 atom stereocenters. The van der Waals surface area contributed by atoms with Crippen molar-refractivity contribution in [1.29, 1.82) is 0 Å². The molecule has 5 rings (SSSR count). The average Bonchev–Trinajstić information content (AvgIpc) is 3.51. The topological polar surface area (TPSA) is 224 Å². The molecule has 0 spiro atoms. The van der Waals surface area contributed by atoms with E-state index in [9.17, 15) is 36.3 Å². The quantitative estimate of drug-likeness (QED) is 0.149. The zero-order valence-corrected chi connectivity index (χ0v) is 30.8. The van der Waals surface area contributed by atoms with Crippen LogP contribution in [0.3, 0.4) is 0 Å². The van der Waals surface area contributed by atoms with Crippen LogP contribution in [0.15, 0.2) is 76.5 Å². The molecular formula is C34H40ClN5O10S2. The minimum absolute atomic E-state index is 0.0147. The number of benzene rings is 3. The van der Waals surface area contributed by atoms with Gasteiger partial charge in [-0.3, -0.25) is 19.8 Å². The Morgan fingerprint density at radius 2 is 1.81 bits per heavy atom. The molecule has 2 aliphatic rings. The molecule has 2 aliphatic heterocycles. The van der Waals surface area contributed by atoms with Crippen LogP contribution >= 0.6 is 11.6 Å². The first-order valence-electron chi connectivity index (χ1n) is 16.5. The van der Waals surface area contributed by atoms with Crippen molar-refractivity contribution in [2.75, 3.05) is 18.5 Å². The lowest BCUT2D eigenvalue weighted by molar-refractivity contribution is -0.178. The number of nitrogens with zero attached hydrogens (tertiary/aromatic N) is 1. The second-order valence-corrected chi connectivity index (χ2v) is 16.1. The molecule has 0 bridgehead atoms. The van der Waals surface area contributed by atoms with E-state index in [-0.39, 0.29) is 47.3 Å². The number of anilines is 1. The third kappa shape index (κ3) is 8.67. The summed E-state index contributed by atoms with van der Waals surface area (Å²) in [6.45, 7) is 3.53. The highest BCUT2D eigenvalue weighted by molar-refractivity contribution is 7.90. The number of carboxylic acid groups (broad SMARTS) is 1. The fraction of sp³-hybridized carbons (Fsp3) is 0.382. The van der Waals surface area contributed by atoms with Gasteiger partial charge in [0.1, 0.15) is 21.6 Å². The summed E-state index contributed by atoms with van der Waals surface area (Å²) in [5, 5.41) is 21.4. The Morgan fingerprint density at radius 1 is 1.12 bits per heavy atom. The van der Waals surface area contributed by atoms with Gasteiger partial charge in [-0.1, -0.05) is 54.1 Å². The number of nitrogens with one attached hydrogen (secondary N) is 3. The van der Waals surface area contributed by atoms with E-state index < -0.39 is 66.8 Å². The van der Waals surface area contributed by atoms with Crippen molar-refractivity contribution in [2.24, 2.45) is 5.14 Å². The molecule has 0 aliphatic carbocycles. The Kier molecular flexibility index (Phi) is 11.8. The van der Waals surface area contributed by atoms with Gasteiger partial charge in [0.2, 0.25) is 26.0 Å². The second kappa shape index (κ2) is 15.8. The van der Waals surface area contributed by atoms with Crippen LogP contribution in [-0.2, 0) is 52.0 Å². The van der Waals surface area contributed by atoms with Crippen LogP contribution in [-0.4, -0.2) is 81.8 Å². The number of rotatable bonds is 14. The lowest BCUT2D eigenvalue weighted by Crippen LogP contribution is -2.61. The lowest BCUT2D eigenvalue weighted by atomic mass is 10.0. The van der Waals surface area contributed by atoms with Crippen molar-refractivity contribution in [3.8, 4) is 5.75 Å². The van der Waals surface area contributed by atoms with Crippen LogP contribution in [0.5, 0.6) is 5.75 Å². The number of amides is 1. The monoisotopic (exact) mass is 777 g/mol. The van der Waals surface area contributed by atoms with E-state index in [1.54, 1.807) is 26.0 Å². The summed E-state index contributed by atoms with van der Waals surface area (Å²) in [7, 11) is -8.43. The Bertz CT molecular complexity index is 2030. The van der Waals surface area contributed by atoms with Crippen LogP contribution in [0.1, 0.15) is 44.2 Å². The molecule has 1 unspecified atom stereocenters. The van der Waals surface area contributed by atoms with Gasteiger partial charge < -0.3 is 19.9 Å². The Morgan fingerprint density at radius 3 is 2.44 bits per heavy atom. The standard InChI is InChI=1S/C34H40ClN5O10S2/c1-3-49-32(42)26(15-12-22-8-5-4-6-9-22)37-21(2)31(41)40-17-7-16-34(40,33(43)44)50-24-13-10-23(11-14-24)18-30-38-27-19-25(35)28(51(36,45)46)20-29(27)52(47,48)39-30/h4-6,8-11,13-14,19-21,26,30,37-39H,3,7,12,15-18H2,1-2H3,(H,43,44)(H2,36,45,46)/t21-,26-,30?,34+/m0/s1. The van der Waals surface area contributed by atoms with Crippen LogP contribution in [0.25, 0.3) is 0 Å². The smallest absolute Gasteiger partial charge is 0.370 e. The molecule has 1 saturated heterocycles. The van der Waals surface area contributed by atoms with Gasteiger partial charge in [0.25, 0.3) is 5.72 Å². The van der Waals surface area contributed by atoms with Gasteiger partial charge in [-0.2, -0.15) is 4.72 Å². The summed E-state index contributed by atoms with van der Waals surface area (Å²) in [5.41, 5.74) is -0.291. The molecule has 0 aromatic heterocycles. The number of carboxylic acids is 1. The summed E-state index contributed by atoms with van der Waals surface area (Å²) in [4.78, 5) is 39.7. The summed E-state index contributed by atoms with van der Waals surface area (Å²) >= 11 is 6.08. The van der Waals surface area contributed by atoms with Crippen LogP contribution < -0.4 is 25.2 Å². The van der Waals surface area contributed by atoms with Gasteiger partial charge in [0.15, 0.2) is 0 Å². The fourth-order valence-electron chi connectivity index (χ4n) is 6.30. The lowest BCUT2D eigenvalue weighted by Gasteiger charge is -2.36. The van der Waals surface area contributed by atoms with Crippen molar-refractivity contribution >= 4 is 55.2 Å². The predicted molar refractivity (Wildman–Crippen MR) is 190 cm³/mol. The SMILES string of the molecule is CCOC(=O)[C@H](CCc1ccccc1)N[C@@H](C)C(=O)N1CCC[C@@]1(Oc1ccc(CC2Nc3cc(Cl)c(S(N)(=O)=O)cc3S(=O)(=O)N2)cc1)C(=O)O. The maximum atomic E-state index is 13.8. The number of aliphatic carboxylic acids is 1. The number of ether oxygens (including phenoxy) is 2. The molecule has 52 heavy (non-hydrogen) atoms. The van der Waals surface area contributed by atoms with Crippen molar-refractivity contribution in [1.82, 2.24) is 14.9 Å². The predicted octanol–water partition coefficient (Wildman–Crippen LogP) is 2.58. The summed E-state index contributed by atoms with van der Waals surface area (Å²) in [6.07, 6.45) is 0.542. The zero-order chi connectivity index (χ0) is 37.8. The molecule has 6 N–H and O–H groups in total. The number of hydrogen-bond donors (Lipinski definition) is 5. The molecule has 3 aromatic rings. The summed E-state index contributed by atoms with van der Waals surface area (Å²) in [6, 6.07) is 16.1. The number of sulfonamides is 2. The molecule has 0 radical (unpaired) electrons. The van der Waals surface area contributed by atoms with Crippen molar-refractivity contribution in [3.63, 3.8) is 0 Å². The van der Waals surface area contributed by atoms with Crippen LogP contribution in [0, 0.1) is 0 Å².